The number of methoxy groups -OCH3 is 1. The van der Waals surface area contributed by atoms with Gasteiger partial charge in [-0.2, -0.15) is 0 Å². The quantitative estimate of drug-likeness (QED) is 0.801. The van der Waals surface area contributed by atoms with E-state index in [0.717, 1.165) is 16.9 Å². The SMILES string of the molecule is COc1ccccc1CC(C)(C[C@H](N)O)c1cccc(Cl)c1. The summed E-state index contributed by atoms with van der Waals surface area (Å²) in [5.41, 5.74) is 7.46. The van der Waals surface area contributed by atoms with Crippen LogP contribution < -0.4 is 10.5 Å². The van der Waals surface area contributed by atoms with Gasteiger partial charge in [0.25, 0.3) is 0 Å². The molecule has 0 saturated heterocycles. The molecule has 3 N–H and O–H groups in total. The second-order valence-corrected chi connectivity index (χ2v) is 6.27. The number of nitrogens with two attached hydrogens (primary N) is 1. The predicted octanol–water partition coefficient (Wildman–Crippen LogP) is 3.52. The van der Waals surface area contributed by atoms with Gasteiger partial charge in [-0.3, -0.25) is 0 Å². The standard InChI is InChI=1S/C18H22ClNO2/c1-18(12-17(20)21,14-7-5-8-15(19)10-14)11-13-6-3-4-9-16(13)22-2/h3-10,17,21H,11-12,20H2,1-2H3/t17-,18?/m1/s1. The first-order valence-corrected chi connectivity index (χ1v) is 7.64. The molecule has 0 saturated carbocycles. The Morgan fingerprint density at radius 3 is 2.59 bits per heavy atom. The Labute approximate surface area is 136 Å². The Kier molecular flexibility index (Phi) is 5.46. The lowest BCUT2D eigenvalue weighted by Gasteiger charge is -2.32. The summed E-state index contributed by atoms with van der Waals surface area (Å²) in [5.74, 6) is 0.835. The van der Waals surface area contributed by atoms with E-state index in [1.807, 2.05) is 48.5 Å². The van der Waals surface area contributed by atoms with Gasteiger partial charge < -0.3 is 15.6 Å². The lowest BCUT2D eigenvalue weighted by Crippen LogP contribution is -2.34. The molecule has 2 rings (SSSR count). The number of benzene rings is 2. The van der Waals surface area contributed by atoms with Crippen molar-refractivity contribution in [2.75, 3.05) is 7.11 Å². The lowest BCUT2D eigenvalue weighted by atomic mass is 9.74. The molecule has 4 heteroatoms. The maximum absolute atomic E-state index is 9.74. The summed E-state index contributed by atoms with van der Waals surface area (Å²) < 4.78 is 5.44. The van der Waals surface area contributed by atoms with E-state index < -0.39 is 6.23 Å². The van der Waals surface area contributed by atoms with Gasteiger partial charge >= 0.3 is 0 Å². The molecule has 0 fully saturated rings. The van der Waals surface area contributed by atoms with Crippen LogP contribution in [0.2, 0.25) is 5.02 Å². The lowest BCUT2D eigenvalue weighted by molar-refractivity contribution is 0.140. The average molecular weight is 320 g/mol. The molecule has 0 aliphatic heterocycles. The van der Waals surface area contributed by atoms with Crippen LogP contribution in [0.5, 0.6) is 5.75 Å². The monoisotopic (exact) mass is 319 g/mol. The number of para-hydroxylation sites is 1. The molecule has 0 heterocycles. The van der Waals surface area contributed by atoms with Crippen LogP contribution in [0.25, 0.3) is 0 Å². The molecule has 118 valence electrons. The average Bonchev–Trinajstić information content (AvgIpc) is 2.47. The van der Waals surface area contributed by atoms with Gasteiger partial charge in [0.1, 0.15) is 12.0 Å². The van der Waals surface area contributed by atoms with E-state index in [0.29, 0.717) is 17.9 Å². The van der Waals surface area contributed by atoms with Gasteiger partial charge in [-0.15, -0.1) is 0 Å². The smallest absolute Gasteiger partial charge is 0.122 e. The molecule has 1 unspecified atom stereocenters. The Hall–Kier alpha value is -1.55. The molecular formula is C18H22ClNO2. The number of ether oxygens (including phenoxy) is 1. The van der Waals surface area contributed by atoms with Gasteiger partial charge in [0, 0.05) is 10.4 Å². The highest BCUT2D eigenvalue weighted by Crippen LogP contribution is 2.36. The van der Waals surface area contributed by atoms with Gasteiger partial charge in [-0.25, -0.2) is 0 Å². The van der Waals surface area contributed by atoms with Crippen molar-refractivity contribution >= 4 is 11.6 Å². The summed E-state index contributed by atoms with van der Waals surface area (Å²) in [7, 11) is 1.66. The maximum atomic E-state index is 9.74. The van der Waals surface area contributed by atoms with E-state index in [2.05, 4.69) is 6.92 Å². The van der Waals surface area contributed by atoms with Crippen LogP contribution in [0.15, 0.2) is 48.5 Å². The molecule has 22 heavy (non-hydrogen) atoms. The number of aliphatic hydroxyl groups is 1. The minimum Gasteiger partial charge on any atom is -0.496 e. The van der Waals surface area contributed by atoms with Crippen LogP contribution in [-0.4, -0.2) is 18.4 Å². The Morgan fingerprint density at radius 1 is 1.23 bits per heavy atom. The van der Waals surface area contributed by atoms with E-state index in [1.165, 1.54) is 0 Å². The molecule has 2 aromatic rings. The van der Waals surface area contributed by atoms with Crippen LogP contribution >= 0.6 is 11.6 Å². The largest absolute Gasteiger partial charge is 0.496 e. The van der Waals surface area contributed by atoms with Gasteiger partial charge in [0.05, 0.1) is 7.11 Å². The molecule has 0 amide bonds. The predicted molar refractivity (Wildman–Crippen MR) is 90.3 cm³/mol. The fraction of sp³-hybridized carbons (Fsp3) is 0.333. The zero-order chi connectivity index (χ0) is 16.2. The third-order valence-electron chi connectivity index (χ3n) is 3.95. The summed E-state index contributed by atoms with van der Waals surface area (Å²) in [5, 5.41) is 10.4. The number of hydrogen-bond acceptors (Lipinski definition) is 3. The molecule has 0 aliphatic carbocycles. The zero-order valence-corrected chi connectivity index (χ0v) is 13.7. The third kappa shape index (κ3) is 4.01. The van der Waals surface area contributed by atoms with Crippen molar-refractivity contribution in [2.45, 2.75) is 31.4 Å². The first-order chi connectivity index (χ1) is 10.4. The highest BCUT2D eigenvalue weighted by molar-refractivity contribution is 6.30. The fourth-order valence-electron chi connectivity index (χ4n) is 2.89. The van der Waals surface area contributed by atoms with Crippen LogP contribution in [0.3, 0.4) is 0 Å². The van der Waals surface area contributed by atoms with Crippen molar-refractivity contribution in [3.05, 3.63) is 64.7 Å². The summed E-state index contributed by atoms with van der Waals surface area (Å²) >= 11 is 6.13. The van der Waals surface area contributed by atoms with Crippen molar-refractivity contribution in [3.8, 4) is 5.75 Å². The molecule has 0 aliphatic rings. The van der Waals surface area contributed by atoms with Gasteiger partial charge in [-0.05, 0) is 42.2 Å². The highest BCUT2D eigenvalue weighted by Gasteiger charge is 2.30. The van der Waals surface area contributed by atoms with Crippen molar-refractivity contribution in [1.29, 1.82) is 0 Å². The van der Waals surface area contributed by atoms with Crippen LogP contribution in [0.4, 0.5) is 0 Å². The van der Waals surface area contributed by atoms with Crippen molar-refractivity contribution in [2.24, 2.45) is 5.73 Å². The topological polar surface area (TPSA) is 55.5 Å². The summed E-state index contributed by atoms with van der Waals surface area (Å²) in [6.45, 7) is 2.08. The van der Waals surface area contributed by atoms with Crippen LogP contribution in [-0.2, 0) is 11.8 Å². The Balaban J connectivity index is 2.41. The van der Waals surface area contributed by atoms with Crippen molar-refractivity contribution < 1.29 is 9.84 Å². The van der Waals surface area contributed by atoms with E-state index in [4.69, 9.17) is 22.1 Å². The number of aliphatic hydroxyl groups excluding tert-OH is 1. The molecule has 2 aromatic carbocycles. The summed E-state index contributed by atoms with van der Waals surface area (Å²) in [4.78, 5) is 0. The summed E-state index contributed by atoms with van der Waals surface area (Å²) in [6.07, 6.45) is 0.246. The Morgan fingerprint density at radius 2 is 1.95 bits per heavy atom. The fourth-order valence-corrected chi connectivity index (χ4v) is 3.08. The molecule has 3 nitrogen and oxygen atoms in total. The molecular weight excluding hydrogens is 298 g/mol. The van der Waals surface area contributed by atoms with Crippen LogP contribution in [0.1, 0.15) is 24.5 Å². The Bertz CT molecular complexity index is 630. The maximum Gasteiger partial charge on any atom is 0.122 e. The summed E-state index contributed by atoms with van der Waals surface area (Å²) in [6, 6.07) is 15.6. The van der Waals surface area contributed by atoms with Gasteiger partial charge in [-0.1, -0.05) is 48.9 Å². The van der Waals surface area contributed by atoms with E-state index in [1.54, 1.807) is 7.11 Å². The second-order valence-electron chi connectivity index (χ2n) is 5.83. The molecule has 0 bridgehead atoms. The normalized spacial score (nSPS) is 15.1. The van der Waals surface area contributed by atoms with Crippen molar-refractivity contribution in [1.82, 2.24) is 0 Å². The number of rotatable bonds is 6. The molecule has 0 radical (unpaired) electrons. The van der Waals surface area contributed by atoms with E-state index in [-0.39, 0.29) is 5.41 Å². The van der Waals surface area contributed by atoms with E-state index >= 15 is 0 Å². The zero-order valence-electron chi connectivity index (χ0n) is 12.9. The molecule has 0 spiro atoms. The van der Waals surface area contributed by atoms with E-state index in [9.17, 15) is 5.11 Å². The first kappa shape index (κ1) is 16.8. The van der Waals surface area contributed by atoms with Gasteiger partial charge in [0.2, 0.25) is 0 Å². The molecule has 2 atom stereocenters. The van der Waals surface area contributed by atoms with Gasteiger partial charge in [0.15, 0.2) is 0 Å². The van der Waals surface area contributed by atoms with Crippen molar-refractivity contribution in [3.63, 3.8) is 0 Å². The molecule has 0 aromatic heterocycles. The van der Waals surface area contributed by atoms with Crippen LogP contribution in [0, 0.1) is 0 Å². The minimum atomic E-state index is -0.890. The minimum absolute atomic E-state index is 0.340. The third-order valence-corrected chi connectivity index (χ3v) is 4.19. The second kappa shape index (κ2) is 7.14. The first-order valence-electron chi connectivity index (χ1n) is 7.26. The number of hydrogen-bond donors (Lipinski definition) is 2. The highest BCUT2D eigenvalue weighted by atomic mass is 35.5. The number of halogens is 1.